The van der Waals surface area contributed by atoms with Gasteiger partial charge in [-0.05, 0) is 55.0 Å². The number of pyridine rings is 2. The van der Waals surface area contributed by atoms with E-state index in [1.165, 1.54) is 4.57 Å². The van der Waals surface area contributed by atoms with Crippen LogP contribution in [0.15, 0.2) is 77.7 Å². The molecule has 2 aromatic heterocycles. The molecule has 4 rings (SSSR count). The fourth-order valence-corrected chi connectivity index (χ4v) is 3.25. The number of anilines is 1. The lowest BCUT2D eigenvalue weighted by Crippen LogP contribution is -2.30. The van der Waals surface area contributed by atoms with Crippen LogP contribution in [0.1, 0.15) is 21.5 Å². The lowest BCUT2D eigenvalue weighted by Gasteiger charge is -2.13. The highest BCUT2D eigenvalue weighted by Crippen LogP contribution is 2.16. The van der Waals surface area contributed by atoms with Gasteiger partial charge in [0.05, 0.1) is 6.54 Å². The molecule has 0 aliphatic carbocycles. The average molecular weight is 404 g/mol. The van der Waals surface area contributed by atoms with E-state index in [-0.39, 0.29) is 12.1 Å². The lowest BCUT2D eigenvalue weighted by molar-refractivity contribution is 0.102. The molecule has 0 saturated carbocycles. The van der Waals surface area contributed by atoms with Crippen LogP contribution in [0, 0.1) is 6.92 Å². The fraction of sp³-hybridized carbons (Fsp3) is 0.0870. The van der Waals surface area contributed by atoms with Crippen LogP contribution in [0.5, 0.6) is 0 Å². The summed E-state index contributed by atoms with van der Waals surface area (Å²) in [5.41, 5.74) is 2.82. The van der Waals surface area contributed by atoms with Gasteiger partial charge in [0.15, 0.2) is 0 Å². The van der Waals surface area contributed by atoms with E-state index < -0.39 is 11.5 Å². The molecule has 1 N–H and O–H groups in total. The molecule has 2 heterocycles. The average Bonchev–Trinajstić information content (AvgIpc) is 2.73. The topological polar surface area (TPSA) is 64.0 Å². The highest BCUT2D eigenvalue weighted by atomic mass is 35.5. The molecule has 0 spiro atoms. The zero-order valence-electron chi connectivity index (χ0n) is 15.7. The summed E-state index contributed by atoms with van der Waals surface area (Å²) in [4.78, 5) is 30.4. The van der Waals surface area contributed by atoms with E-state index in [2.05, 4.69) is 10.3 Å². The Hall–Kier alpha value is -3.44. The predicted molar refractivity (Wildman–Crippen MR) is 116 cm³/mol. The third-order valence-electron chi connectivity index (χ3n) is 4.66. The standard InChI is InChI=1S/C23H18ClN3O2/c1-15-4-10-19(11-5-15)26-22(28)20-13-17-3-2-12-25-21(17)27(23(20)29)14-16-6-8-18(24)9-7-16/h2-13H,14H2,1H3,(H,26,28). The Labute approximate surface area is 172 Å². The molecule has 0 unspecified atom stereocenters. The number of benzene rings is 2. The molecular formula is C23H18ClN3O2. The number of aryl methyl sites for hydroxylation is 1. The summed E-state index contributed by atoms with van der Waals surface area (Å²) in [6, 6.07) is 19.9. The van der Waals surface area contributed by atoms with Crippen molar-refractivity contribution in [3.8, 4) is 0 Å². The smallest absolute Gasteiger partial charge is 0.265 e. The van der Waals surface area contributed by atoms with E-state index in [0.717, 1.165) is 16.5 Å². The monoisotopic (exact) mass is 403 g/mol. The van der Waals surface area contributed by atoms with Crippen molar-refractivity contribution >= 4 is 34.2 Å². The minimum atomic E-state index is -0.450. The number of carbonyl (C=O) groups is 1. The molecule has 0 fully saturated rings. The summed E-state index contributed by atoms with van der Waals surface area (Å²) < 4.78 is 1.52. The summed E-state index contributed by atoms with van der Waals surface area (Å²) >= 11 is 5.96. The van der Waals surface area contributed by atoms with Gasteiger partial charge in [0, 0.05) is 22.3 Å². The Morgan fingerprint density at radius 2 is 1.79 bits per heavy atom. The van der Waals surface area contributed by atoms with Crippen LogP contribution in [0.2, 0.25) is 5.02 Å². The summed E-state index contributed by atoms with van der Waals surface area (Å²) in [6.07, 6.45) is 1.63. The number of fused-ring (bicyclic) bond motifs is 1. The Morgan fingerprint density at radius 3 is 2.52 bits per heavy atom. The number of halogens is 1. The molecule has 2 aromatic carbocycles. The Bertz CT molecular complexity index is 1250. The first-order valence-corrected chi connectivity index (χ1v) is 9.50. The second-order valence-electron chi connectivity index (χ2n) is 6.81. The summed E-state index contributed by atoms with van der Waals surface area (Å²) in [5, 5.41) is 4.14. The molecule has 0 aliphatic heterocycles. The third-order valence-corrected chi connectivity index (χ3v) is 4.91. The van der Waals surface area contributed by atoms with Crippen molar-refractivity contribution in [2.75, 3.05) is 5.32 Å². The number of rotatable bonds is 4. The number of hydrogen-bond acceptors (Lipinski definition) is 3. The van der Waals surface area contributed by atoms with Gasteiger partial charge in [0.25, 0.3) is 11.5 Å². The van der Waals surface area contributed by atoms with Crippen molar-refractivity contribution in [2.24, 2.45) is 0 Å². The minimum Gasteiger partial charge on any atom is -0.322 e. The van der Waals surface area contributed by atoms with Gasteiger partial charge in [-0.3, -0.25) is 14.2 Å². The fourth-order valence-electron chi connectivity index (χ4n) is 3.12. The number of carbonyl (C=O) groups excluding carboxylic acids is 1. The maximum atomic E-state index is 13.2. The van der Waals surface area contributed by atoms with Gasteiger partial charge >= 0.3 is 0 Å². The predicted octanol–water partition coefficient (Wildman–Crippen LogP) is 4.66. The molecule has 0 bridgehead atoms. The number of amides is 1. The van der Waals surface area contributed by atoms with Crippen molar-refractivity contribution in [2.45, 2.75) is 13.5 Å². The molecule has 29 heavy (non-hydrogen) atoms. The van der Waals surface area contributed by atoms with Crippen LogP contribution >= 0.6 is 11.6 Å². The largest absolute Gasteiger partial charge is 0.322 e. The zero-order valence-corrected chi connectivity index (χ0v) is 16.5. The first kappa shape index (κ1) is 18.9. The van der Waals surface area contributed by atoms with Crippen LogP contribution in [0.3, 0.4) is 0 Å². The van der Waals surface area contributed by atoms with Gasteiger partial charge in [-0.25, -0.2) is 4.98 Å². The molecule has 144 valence electrons. The van der Waals surface area contributed by atoms with Gasteiger partial charge < -0.3 is 5.32 Å². The number of nitrogens with one attached hydrogen (secondary N) is 1. The zero-order chi connectivity index (χ0) is 20.4. The van der Waals surface area contributed by atoms with Crippen LogP contribution in [0.4, 0.5) is 5.69 Å². The molecule has 5 nitrogen and oxygen atoms in total. The SMILES string of the molecule is Cc1ccc(NC(=O)c2cc3cccnc3n(Cc3ccc(Cl)cc3)c2=O)cc1. The second kappa shape index (κ2) is 7.89. The second-order valence-corrected chi connectivity index (χ2v) is 7.25. The van der Waals surface area contributed by atoms with Crippen molar-refractivity contribution in [1.82, 2.24) is 9.55 Å². The Kier molecular flexibility index (Phi) is 5.14. The molecule has 0 saturated heterocycles. The first-order valence-electron chi connectivity index (χ1n) is 9.12. The summed E-state index contributed by atoms with van der Waals surface area (Å²) in [5.74, 6) is -0.450. The number of hydrogen-bond donors (Lipinski definition) is 1. The highest BCUT2D eigenvalue weighted by molar-refractivity contribution is 6.30. The van der Waals surface area contributed by atoms with Crippen molar-refractivity contribution in [1.29, 1.82) is 0 Å². The molecule has 4 aromatic rings. The maximum absolute atomic E-state index is 13.2. The van der Waals surface area contributed by atoms with E-state index in [0.29, 0.717) is 16.4 Å². The van der Waals surface area contributed by atoms with E-state index in [1.54, 1.807) is 30.5 Å². The van der Waals surface area contributed by atoms with Crippen LogP contribution < -0.4 is 10.9 Å². The molecule has 0 radical (unpaired) electrons. The van der Waals surface area contributed by atoms with Gasteiger partial charge in [0.1, 0.15) is 11.2 Å². The van der Waals surface area contributed by atoms with Crippen LogP contribution in [-0.4, -0.2) is 15.5 Å². The van der Waals surface area contributed by atoms with Gasteiger partial charge in [0.2, 0.25) is 0 Å². The maximum Gasteiger partial charge on any atom is 0.265 e. The quantitative estimate of drug-likeness (QED) is 0.539. The van der Waals surface area contributed by atoms with E-state index in [4.69, 9.17) is 11.6 Å². The van der Waals surface area contributed by atoms with E-state index in [9.17, 15) is 9.59 Å². The van der Waals surface area contributed by atoms with Crippen LogP contribution in [-0.2, 0) is 6.54 Å². The van der Waals surface area contributed by atoms with Crippen molar-refractivity contribution in [3.05, 3.63) is 105 Å². The Balaban J connectivity index is 1.77. The number of nitrogens with zero attached hydrogens (tertiary/aromatic N) is 2. The van der Waals surface area contributed by atoms with Crippen LogP contribution in [0.25, 0.3) is 11.0 Å². The Morgan fingerprint density at radius 1 is 1.07 bits per heavy atom. The van der Waals surface area contributed by atoms with E-state index >= 15 is 0 Å². The first-order chi connectivity index (χ1) is 14.0. The van der Waals surface area contributed by atoms with Gasteiger partial charge in [-0.15, -0.1) is 0 Å². The van der Waals surface area contributed by atoms with Gasteiger partial charge in [-0.2, -0.15) is 0 Å². The minimum absolute atomic E-state index is 0.0695. The van der Waals surface area contributed by atoms with Crippen molar-refractivity contribution < 1.29 is 4.79 Å². The summed E-state index contributed by atoms with van der Waals surface area (Å²) in [6.45, 7) is 2.26. The van der Waals surface area contributed by atoms with E-state index in [1.807, 2.05) is 49.4 Å². The normalized spacial score (nSPS) is 10.8. The molecule has 0 atom stereocenters. The molecule has 1 amide bonds. The molecular weight excluding hydrogens is 386 g/mol. The lowest BCUT2D eigenvalue weighted by atomic mass is 10.1. The molecule has 6 heteroatoms. The third kappa shape index (κ3) is 4.05. The number of aromatic nitrogens is 2. The summed E-state index contributed by atoms with van der Waals surface area (Å²) in [7, 11) is 0. The van der Waals surface area contributed by atoms with Crippen molar-refractivity contribution in [3.63, 3.8) is 0 Å². The van der Waals surface area contributed by atoms with Gasteiger partial charge in [-0.1, -0.05) is 41.4 Å². The highest BCUT2D eigenvalue weighted by Gasteiger charge is 2.17. The molecule has 0 aliphatic rings.